The quantitative estimate of drug-likeness (QED) is 0.0931. The van der Waals surface area contributed by atoms with Gasteiger partial charge in [-0.2, -0.15) is 0 Å². The van der Waals surface area contributed by atoms with Gasteiger partial charge in [0, 0.05) is 45.1 Å². The van der Waals surface area contributed by atoms with E-state index in [9.17, 15) is 19.2 Å². The molecule has 0 N–H and O–H groups in total. The smallest absolute Gasteiger partial charge is 0.261 e. The fourth-order valence-corrected chi connectivity index (χ4v) is 8.11. The Morgan fingerprint density at radius 2 is 0.659 bits per heavy atom. The van der Waals surface area contributed by atoms with E-state index in [0.717, 1.165) is 83.7 Å². The van der Waals surface area contributed by atoms with Crippen LogP contribution in [0.1, 0.15) is 120 Å². The third kappa shape index (κ3) is 3.79. The van der Waals surface area contributed by atoms with Gasteiger partial charge in [-0.3, -0.25) is 29.0 Å². The molecule has 0 bridgehead atoms. The van der Waals surface area contributed by atoms with E-state index in [2.05, 4.69) is 27.7 Å². The Kier molecular flexibility index (Phi) is 6.91. The van der Waals surface area contributed by atoms with Crippen LogP contribution < -0.4 is 0 Å². The zero-order chi connectivity index (χ0) is 30.9. The number of fused-ring (bicyclic) bond motifs is 2. The van der Waals surface area contributed by atoms with Crippen LogP contribution in [0.2, 0.25) is 0 Å². The van der Waals surface area contributed by atoms with Crippen LogP contribution in [-0.2, 0) is 0 Å². The standard InChI is InChI=1S/C38H38N2O4/c1-5-9-21(10-6-2)39-35(41)27-17-13-23-25-15-19-29-34-30(38(44)40(37(29)43)22(11-7-3)12-8-4)20-16-26(32(25)34)24-14-18-28(36(39)42)33(27)31(23)24/h13-22H,5-12H2,1-4H3. The molecule has 0 atom stereocenters. The minimum Gasteiger partial charge on any atom is -0.271 e. The van der Waals surface area contributed by atoms with E-state index in [-0.39, 0.29) is 35.7 Å². The van der Waals surface area contributed by atoms with E-state index in [1.165, 1.54) is 9.80 Å². The Labute approximate surface area is 257 Å². The van der Waals surface area contributed by atoms with E-state index in [0.29, 0.717) is 33.0 Å². The molecular weight excluding hydrogens is 548 g/mol. The van der Waals surface area contributed by atoms with Gasteiger partial charge in [0.15, 0.2) is 0 Å². The molecule has 5 aromatic carbocycles. The topological polar surface area (TPSA) is 74.8 Å². The van der Waals surface area contributed by atoms with Crippen molar-refractivity contribution in [3.05, 3.63) is 70.8 Å². The molecule has 0 spiro atoms. The SMILES string of the molecule is CCCC(CCC)N1C(=O)c2ccc3c4ccc5c6c(ccc(c7ccc(c2c37)C1=O)c64)C(=O)N(C(CCC)CCC)C5=O. The summed E-state index contributed by atoms with van der Waals surface area (Å²) in [7, 11) is 0. The highest BCUT2D eigenvalue weighted by Gasteiger charge is 2.40. The van der Waals surface area contributed by atoms with Crippen molar-refractivity contribution in [2.45, 2.75) is 91.1 Å². The minimum absolute atomic E-state index is 0.124. The lowest BCUT2D eigenvalue weighted by Crippen LogP contribution is -2.47. The van der Waals surface area contributed by atoms with Crippen molar-refractivity contribution < 1.29 is 19.2 Å². The second kappa shape index (κ2) is 10.7. The maximum absolute atomic E-state index is 14.0. The highest BCUT2D eigenvalue weighted by molar-refractivity contribution is 6.41. The molecule has 0 radical (unpaired) electrons. The molecule has 7 rings (SSSR count). The Balaban J connectivity index is 1.48. The molecule has 224 valence electrons. The fraction of sp³-hybridized carbons (Fsp3) is 0.368. The zero-order valence-corrected chi connectivity index (χ0v) is 26.0. The van der Waals surface area contributed by atoms with Gasteiger partial charge in [0.1, 0.15) is 0 Å². The van der Waals surface area contributed by atoms with Gasteiger partial charge in [-0.1, -0.05) is 77.6 Å². The van der Waals surface area contributed by atoms with Gasteiger partial charge in [0.05, 0.1) is 0 Å². The van der Waals surface area contributed by atoms with Gasteiger partial charge in [-0.05, 0) is 82.3 Å². The second-order valence-electron chi connectivity index (χ2n) is 12.6. The molecule has 44 heavy (non-hydrogen) atoms. The van der Waals surface area contributed by atoms with Crippen LogP contribution in [0.15, 0.2) is 48.5 Å². The number of amides is 4. The summed E-state index contributed by atoms with van der Waals surface area (Å²) in [6.45, 7) is 8.34. The molecule has 2 heterocycles. The molecule has 6 nitrogen and oxygen atoms in total. The minimum atomic E-state index is -0.223. The van der Waals surface area contributed by atoms with Crippen molar-refractivity contribution in [2.24, 2.45) is 0 Å². The van der Waals surface area contributed by atoms with Crippen LogP contribution in [0.3, 0.4) is 0 Å². The lowest BCUT2D eigenvalue weighted by Gasteiger charge is -2.35. The van der Waals surface area contributed by atoms with Crippen LogP contribution in [0.5, 0.6) is 0 Å². The molecule has 6 heteroatoms. The van der Waals surface area contributed by atoms with Crippen molar-refractivity contribution >= 4 is 66.7 Å². The van der Waals surface area contributed by atoms with Crippen LogP contribution in [-0.4, -0.2) is 45.5 Å². The molecule has 0 saturated heterocycles. The van der Waals surface area contributed by atoms with Crippen LogP contribution in [0.25, 0.3) is 43.1 Å². The van der Waals surface area contributed by atoms with Gasteiger partial charge in [0.2, 0.25) is 0 Å². The predicted molar refractivity (Wildman–Crippen MR) is 176 cm³/mol. The predicted octanol–water partition coefficient (Wildman–Crippen LogP) is 8.87. The summed E-state index contributed by atoms with van der Waals surface area (Å²) in [6, 6.07) is 15.1. The van der Waals surface area contributed by atoms with E-state index in [4.69, 9.17) is 0 Å². The summed E-state index contributed by atoms with van der Waals surface area (Å²) in [5, 5.41) is 6.86. The number of nitrogens with zero attached hydrogens (tertiary/aromatic N) is 2. The lowest BCUT2D eigenvalue weighted by molar-refractivity contribution is 0.0505. The summed E-state index contributed by atoms with van der Waals surface area (Å²) in [5.74, 6) is -0.892. The average Bonchev–Trinajstić information content (AvgIpc) is 3.02. The van der Waals surface area contributed by atoms with E-state index < -0.39 is 0 Å². The first-order valence-electron chi connectivity index (χ1n) is 16.3. The van der Waals surface area contributed by atoms with Crippen molar-refractivity contribution in [1.29, 1.82) is 0 Å². The number of hydrogen-bond donors (Lipinski definition) is 0. The van der Waals surface area contributed by atoms with Gasteiger partial charge >= 0.3 is 0 Å². The number of rotatable bonds is 10. The van der Waals surface area contributed by atoms with E-state index in [1.807, 2.05) is 48.5 Å². The first kappa shape index (κ1) is 28.5. The third-order valence-corrected chi connectivity index (χ3v) is 9.92. The van der Waals surface area contributed by atoms with Crippen molar-refractivity contribution in [3.8, 4) is 0 Å². The van der Waals surface area contributed by atoms with Gasteiger partial charge < -0.3 is 0 Å². The van der Waals surface area contributed by atoms with Gasteiger partial charge in [-0.25, -0.2) is 0 Å². The van der Waals surface area contributed by atoms with Crippen LogP contribution >= 0.6 is 0 Å². The molecule has 0 aliphatic carbocycles. The number of imide groups is 2. The summed E-state index contributed by atoms with van der Waals surface area (Å²) in [4.78, 5) is 58.9. The molecule has 4 amide bonds. The molecule has 0 unspecified atom stereocenters. The van der Waals surface area contributed by atoms with Crippen LogP contribution in [0, 0.1) is 0 Å². The Morgan fingerprint density at radius 1 is 0.409 bits per heavy atom. The van der Waals surface area contributed by atoms with Crippen molar-refractivity contribution in [1.82, 2.24) is 9.80 Å². The molecule has 0 fully saturated rings. The van der Waals surface area contributed by atoms with E-state index >= 15 is 0 Å². The van der Waals surface area contributed by atoms with Crippen LogP contribution in [0.4, 0.5) is 0 Å². The number of hydrogen-bond acceptors (Lipinski definition) is 4. The number of benzene rings is 5. The lowest BCUT2D eigenvalue weighted by atomic mass is 9.81. The second-order valence-corrected chi connectivity index (χ2v) is 12.6. The fourth-order valence-electron chi connectivity index (χ4n) is 8.11. The summed E-state index contributed by atoms with van der Waals surface area (Å²) in [6.07, 6.45) is 6.72. The van der Waals surface area contributed by atoms with E-state index in [1.54, 1.807) is 0 Å². The largest absolute Gasteiger partial charge is 0.271 e. The van der Waals surface area contributed by atoms with Crippen molar-refractivity contribution in [2.75, 3.05) is 0 Å². The maximum Gasteiger partial charge on any atom is 0.261 e. The summed E-state index contributed by atoms with van der Waals surface area (Å²) in [5.41, 5.74) is 2.24. The zero-order valence-electron chi connectivity index (χ0n) is 26.0. The Hall–Kier alpha value is -4.32. The maximum atomic E-state index is 14.0. The normalized spacial score (nSPS) is 15.1. The van der Waals surface area contributed by atoms with Crippen molar-refractivity contribution in [3.63, 3.8) is 0 Å². The molecule has 2 aliphatic rings. The summed E-state index contributed by atoms with van der Waals surface area (Å²) < 4.78 is 0. The Morgan fingerprint density at radius 3 is 0.886 bits per heavy atom. The molecule has 0 aromatic heterocycles. The molecular formula is C38H38N2O4. The van der Waals surface area contributed by atoms with Gasteiger partial charge in [0.25, 0.3) is 23.6 Å². The monoisotopic (exact) mass is 586 g/mol. The number of carbonyl (C=O) groups is 4. The third-order valence-electron chi connectivity index (χ3n) is 9.92. The first-order chi connectivity index (χ1) is 21.4. The first-order valence-corrected chi connectivity index (χ1v) is 16.3. The number of carbonyl (C=O) groups excluding carboxylic acids is 4. The average molecular weight is 587 g/mol. The molecule has 0 saturated carbocycles. The Bertz CT molecular complexity index is 1750. The van der Waals surface area contributed by atoms with Gasteiger partial charge in [-0.15, -0.1) is 0 Å². The highest BCUT2D eigenvalue weighted by Crippen LogP contribution is 2.46. The summed E-state index contributed by atoms with van der Waals surface area (Å²) >= 11 is 0. The highest BCUT2D eigenvalue weighted by atomic mass is 16.2. The molecule has 2 aliphatic heterocycles. The molecule has 5 aromatic rings.